The third-order valence-electron chi connectivity index (χ3n) is 2.38. The minimum Gasteiger partial charge on any atom is -0.393 e. The van der Waals surface area contributed by atoms with Crippen LogP contribution in [0.4, 0.5) is 0 Å². The van der Waals surface area contributed by atoms with Crippen molar-refractivity contribution in [3.05, 3.63) is 34.6 Å². The smallest absolute Gasteiger partial charge is 0.268 e. The lowest BCUT2D eigenvalue weighted by Crippen LogP contribution is -2.36. The second-order valence-electron chi connectivity index (χ2n) is 4.08. The molecule has 0 saturated carbocycles. The monoisotopic (exact) mass is 239 g/mol. The van der Waals surface area contributed by atoms with E-state index in [1.807, 2.05) is 18.2 Å². The molecule has 2 aromatic rings. The Morgan fingerprint density at radius 1 is 1.44 bits per heavy atom. The normalized spacial score (nSPS) is 15.2. The van der Waals surface area contributed by atoms with Crippen molar-refractivity contribution in [2.75, 3.05) is 6.61 Å². The summed E-state index contributed by atoms with van der Waals surface area (Å²) in [4.78, 5) is 11.9. The van der Waals surface area contributed by atoms with Gasteiger partial charge in [-0.05, 0) is 19.1 Å². The SMILES string of the molecule is CC(O)(CO)Cn1sc2ccccc2c1=O. The Hall–Kier alpha value is -1.17. The first kappa shape index (κ1) is 11.3. The summed E-state index contributed by atoms with van der Waals surface area (Å²) in [5, 5.41) is 19.3. The van der Waals surface area contributed by atoms with Crippen LogP contribution >= 0.6 is 11.5 Å². The van der Waals surface area contributed by atoms with Crippen LogP contribution in [0.15, 0.2) is 29.1 Å². The highest BCUT2D eigenvalue weighted by molar-refractivity contribution is 7.13. The molecule has 1 atom stereocenters. The topological polar surface area (TPSA) is 62.5 Å². The number of aliphatic hydroxyl groups is 2. The van der Waals surface area contributed by atoms with Crippen LogP contribution in [-0.4, -0.2) is 26.4 Å². The molecular weight excluding hydrogens is 226 g/mol. The van der Waals surface area contributed by atoms with Crippen LogP contribution in [0.2, 0.25) is 0 Å². The molecule has 5 heteroatoms. The summed E-state index contributed by atoms with van der Waals surface area (Å²) in [6, 6.07) is 7.31. The average molecular weight is 239 g/mol. The molecule has 16 heavy (non-hydrogen) atoms. The summed E-state index contributed by atoms with van der Waals surface area (Å²) < 4.78 is 2.36. The molecular formula is C11H13NO3S. The van der Waals surface area contributed by atoms with E-state index in [1.54, 1.807) is 6.07 Å². The minimum absolute atomic E-state index is 0.113. The van der Waals surface area contributed by atoms with Crippen molar-refractivity contribution in [1.82, 2.24) is 3.96 Å². The van der Waals surface area contributed by atoms with Crippen molar-refractivity contribution in [3.8, 4) is 0 Å². The molecule has 2 rings (SSSR count). The fraction of sp³-hybridized carbons (Fsp3) is 0.364. The van der Waals surface area contributed by atoms with Crippen molar-refractivity contribution in [1.29, 1.82) is 0 Å². The van der Waals surface area contributed by atoms with E-state index >= 15 is 0 Å². The van der Waals surface area contributed by atoms with Gasteiger partial charge in [0.05, 0.1) is 23.2 Å². The summed E-state index contributed by atoms with van der Waals surface area (Å²) in [7, 11) is 0. The van der Waals surface area contributed by atoms with Crippen LogP contribution in [0.25, 0.3) is 10.1 Å². The molecule has 0 fully saturated rings. The minimum atomic E-state index is -1.26. The molecule has 86 valence electrons. The van der Waals surface area contributed by atoms with Crippen LogP contribution in [0, 0.1) is 0 Å². The Bertz CT molecular complexity index is 556. The summed E-state index contributed by atoms with van der Waals surface area (Å²) in [6.45, 7) is 1.25. The van der Waals surface area contributed by atoms with Gasteiger partial charge in [0.25, 0.3) is 5.56 Å². The number of benzene rings is 1. The first-order valence-corrected chi connectivity index (χ1v) is 5.73. The first-order valence-electron chi connectivity index (χ1n) is 4.95. The molecule has 0 aliphatic carbocycles. The third kappa shape index (κ3) is 2.02. The maximum absolute atomic E-state index is 11.9. The first-order chi connectivity index (χ1) is 7.53. The van der Waals surface area contributed by atoms with Crippen molar-refractivity contribution >= 4 is 21.6 Å². The molecule has 0 aliphatic heterocycles. The van der Waals surface area contributed by atoms with E-state index in [-0.39, 0.29) is 18.7 Å². The fourth-order valence-electron chi connectivity index (χ4n) is 1.48. The number of hydrogen-bond donors (Lipinski definition) is 2. The van der Waals surface area contributed by atoms with Crippen LogP contribution in [-0.2, 0) is 6.54 Å². The van der Waals surface area contributed by atoms with Crippen molar-refractivity contribution < 1.29 is 10.2 Å². The van der Waals surface area contributed by atoms with E-state index in [2.05, 4.69) is 0 Å². The average Bonchev–Trinajstić information content (AvgIpc) is 2.56. The van der Waals surface area contributed by atoms with E-state index in [4.69, 9.17) is 5.11 Å². The van der Waals surface area contributed by atoms with E-state index in [0.29, 0.717) is 5.39 Å². The highest BCUT2D eigenvalue weighted by Gasteiger charge is 2.21. The standard InChI is InChI=1S/C11H13NO3S/c1-11(15,7-13)6-12-10(14)8-4-2-3-5-9(8)16-12/h2-5,13,15H,6-7H2,1H3. The van der Waals surface area contributed by atoms with Gasteiger partial charge in [-0.15, -0.1) is 0 Å². The van der Waals surface area contributed by atoms with E-state index in [1.165, 1.54) is 22.4 Å². The zero-order valence-corrected chi connectivity index (χ0v) is 9.70. The summed E-state index contributed by atoms with van der Waals surface area (Å²) >= 11 is 1.30. The van der Waals surface area contributed by atoms with Gasteiger partial charge in [0, 0.05) is 0 Å². The Morgan fingerprint density at radius 2 is 2.12 bits per heavy atom. The maximum atomic E-state index is 11.9. The van der Waals surface area contributed by atoms with E-state index in [9.17, 15) is 9.90 Å². The van der Waals surface area contributed by atoms with Gasteiger partial charge in [-0.25, -0.2) is 0 Å². The second kappa shape index (κ2) is 4.01. The Labute approximate surface area is 96.5 Å². The molecule has 4 nitrogen and oxygen atoms in total. The summed E-state index contributed by atoms with van der Waals surface area (Å²) in [5.41, 5.74) is -1.38. The lowest BCUT2D eigenvalue weighted by atomic mass is 10.1. The molecule has 0 saturated heterocycles. The van der Waals surface area contributed by atoms with Crippen LogP contribution in [0.5, 0.6) is 0 Å². The summed E-state index contributed by atoms with van der Waals surface area (Å²) in [6.07, 6.45) is 0. The quantitative estimate of drug-likeness (QED) is 0.833. The largest absolute Gasteiger partial charge is 0.393 e. The van der Waals surface area contributed by atoms with Gasteiger partial charge in [-0.2, -0.15) is 0 Å². The van der Waals surface area contributed by atoms with Crippen molar-refractivity contribution in [2.24, 2.45) is 0 Å². The Morgan fingerprint density at radius 3 is 2.75 bits per heavy atom. The van der Waals surface area contributed by atoms with Gasteiger partial charge in [-0.3, -0.25) is 8.75 Å². The summed E-state index contributed by atoms with van der Waals surface area (Å²) in [5.74, 6) is 0. The Kier molecular flexibility index (Phi) is 2.84. The van der Waals surface area contributed by atoms with Gasteiger partial charge >= 0.3 is 0 Å². The zero-order chi connectivity index (χ0) is 11.8. The predicted octanol–water partition coefficient (Wildman–Crippen LogP) is 0.806. The fourth-order valence-corrected chi connectivity index (χ4v) is 2.64. The Balaban J connectivity index is 2.47. The zero-order valence-electron chi connectivity index (χ0n) is 8.88. The van der Waals surface area contributed by atoms with Gasteiger partial charge in [0.15, 0.2) is 0 Å². The number of hydrogen-bond acceptors (Lipinski definition) is 4. The lowest BCUT2D eigenvalue weighted by molar-refractivity contribution is -0.0103. The van der Waals surface area contributed by atoms with Gasteiger partial charge < -0.3 is 10.2 Å². The molecule has 0 spiro atoms. The molecule has 1 aromatic heterocycles. The van der Waals surface area contributed by atoms with Crippen LogP contribution in [0.1, 0.15) is 6.92 Å². The van der Waals surface area contributed by atoms with Gasteiger partial charge in [-0.1, -0.05) is 23.7 Å². The second-order valence-corrected chi connectivity index (χ2v) is 5.15. The van der Waals surface area contributed by atoms with Crippen molar-refractivity contribution in [2.45, 2.75) is 19.1 Å². The van der Waals surface area contributed by atoms with Crippen LogP contribution < -0.4 is 5.56 Å². The third-order valence-corrected chi connectivity index (χ3v) is 3.45. The lowest BCUT2D eigenvalue weighted by Gasteiger charge is -2.19. The number of rotatable bonds is 3. The molecule has 1 aromatic carbocycles. The van der Waals surface area contributed by atoms with E-state index < -0.39 is 5.60 Å². The number of aromatic nitrogens is 1. The molecule has 0 aliphatic rings. The number of fused-ring (bicyclic) bond motifs is 1. The molecule has 2 N–H and O–H groups in total. The molecule has 0 radical (unpaired) electrons. The number of nitrogens with zero attached hydrogens (tertiary/aromatic N) is 1. The molecule has 1 unspecified atom stereocenters. The van der Waals surface area contributed by atoms with Gasteiger partial charge in [0.1, 0.15) is 5.60 Å². The van der Waals surface area contributed by atoms with E-state index in [0.717, 1.165) is 4.70 Å². The predicted molar refractivity (Wildman–Crippen MR) is 63.8 cm³/mol. The van der Waals surface area contributed by atoms with Crippen LogP contribution in [0.3, 0.4) is 0 Å². The van der Waals surface area contributed by atoms with Gasteiger partial charge in [0.2, 0.25) is 0 Å². The molecule has 0 bridgehead atoms. The van der Waals surface area contributed by atoms with Crippen molar-refractivity contribution in [3.63, 3.8) is 0 Å². The number of aliphatic hydroxyl groups excluding tert-OH is 1. The highest BCUT2D eigenvalue weighted by atomic mass is 32.1. The molecule has 0 amide bonds. The highest BCUT2D eigenvalue weighted by Crippen LogP contribution is 2.17. The maximum Gasteiger partial charge on any atom is 0.268 e. The molecule has 1 heterocycles.